The number of unbranched alkanes of at least 4 members (excludes halogenated alkanes) is 1. The number of piperazine rings is 1. The summed E-state index contributed by atoms with van der Waals surface area (Å²) in [5.41, 5.74) is 4.48. The molecule has 0 bridgehead atoms. The molecular weight excluding hydrogens is 466 g/mol. The van der Waals surface area contributed by atoms with Gasteiger partial charge in [0.1, 0.15) is 11.6 Å². The summed E-state index contributed by atoms with van der Waals surface area (Å²) in [4.78, 5) is 9.96. The van der Waals surface area contributed by atoms with Crippen LogP contribution < -0.4 is 9.80 Å². The van der Waals surface area contributed by atoms with Crippen molar-refractivity contribution in [1.29, 1.82) is 0 Å². The number of para-hydroxylation sites is 1. The molecule has 0 aliphatic carbocycles. The molecule has 4 nitrogen and oxygen atoms in total. The van der Waals surface area contributed by atoms with Crippen LogP contribution in [0, 0.1) is 11.6 Å². The summed E-state index contributed by atoms with van der Waals surface area (Å²) in [6, 6.07) is 22.9. The average Bonchev–Trinajstić information content (AvgIpc) is 3.25. The van der Waals surface area contributed by atoms with Gasteiger partial charge in [-0.3, -0.25) is 4.90 Å². The predicted octanol–water partition coefficient (Wildman–Crippen LogP) is 5.88. The van der Waals surface area contributed by atoms with E-state index in [1.165, 1.54) is 30.7 Å². The number of anilines is 3. The second kappa shape index (κ2) is 10.8. The maximum atomic E-state index is 14.3. The summed E-state index contributed by atoms with van der Waals surface area (Å²) in [6.45, 7) is 8.70. The van der Waals surface area contributed by atoms with Gasteiger partial charge in [-0.15, -0.1) is 0 Å². The Morgan fingerprint density at radius 3 is 2.14 bits per heavy atom. The van der Waals surface area contributed by atoms with Gasteiger partial charge in [-0.1, -0.05) is 18.2 Å². The normalized spacial score (nSPS) is 22.2. The molecule has 2 atom stereocenters. The zero-order valence-corrected chi connectivity index (χ0v) is 21.4. The Kier molecular flexibility index (Phi) is 7.12. The van der Waals surface area contributed by atoms with E-state index >= 15 is 0 Å². The molecule has 3 aliphatic rings. The van der Waals surface area contributed by atoms with Crippen LogP contribution in [0.2, 0.25) is 0 Å². The highest BCUT2D eigenvalue weighted by Crippen LogP contribution is 2.48. The van der Waals surface area contributed by atoms with E-state index in [-0.39, 0.29) is 17.6 Å². The molecule has 6 rings (SSSR count). The largest absolute Gasteiger partial charge is 0.369 e. The van der Waals surface area contributed by atoms with Crippen molar-refractivity contribution in [3.05, 3.63) is 90.0 Å². The number of rotatable bonds is 7. The molecule has 0 spiro atoms. The molecule has 194 valence electrons. The van der Waals surface area contributed by atoms with Crippen molar-refractivity contribution in [2.75, 3.05) is 62.2 Å². The summed E-state index contributed by atoms with van der Waals surface area (Å²) in [5.74, 6) is -0.134. The standard InChI is InChI=1S/C31H36F2N4/c32-24-8-11-27(12-9-24)37-30-13-10-25(33)22-28(30)29-23-35(17-14-31(29)37)16-5-4-15-34-18-20-36(21-19-34)26-6-2-1-3-7-26/h1-3,6-13,22,29,31H,4-5,14-21,23H2/t29-,31+/m0/s1. The Morgan fingerprint density at radius 2 is 1.38 bits per heavy atom. The van der Waals surface area contributed by atoms with E-state index < -0.39 is 0 Å². The van der Waals surface area contributed by atoms with Crippen molar-refractivity contribution in [2.45, 2.75) is 31.2 Å². The summed E-state index contributed by atoms with van der Waals surface area (Å²) in [6.07, 6.45) is 3.43. The highest BCUT2D eigenvalue weighted by molar-refractivity contribution is 5.73. The van der Waals surface area contributed by atoms with E-state index in [0.717, 1.165) is 75.7 Å². The Morgan fingerprint density at radius 1 is 0.676 bits per heavy atom. The molecule has 3 aromatic rings. The molecule has 0 saturated carbocycles. The molecule has 0 amide bonds. The molecule has 3 aromatic carbocycles. The topological polar surface area (TPSA) is 13.0 Å². The molecule has 2 saturated heterocycles. The van der Waals surface area contributed by atoms with E-state index in [1.54, 1.807) is 12.1 Å². The van der Waals surface area contributed by atoms with Crippen LogP contribution in [0.1, 0.15) is 30.7 Å². The van der Waals surface area contributed by atoms with Crippen molar-refractivity contribution in [3.8, 4) is 0 Å². The Balaban J connectivity index is 1.01. The van der Waals surface area contributed by atoms with Crippen LogP contribution in [0.5, 0.6) is 0 Å². The molecular formula is C31H36F2N4. The number of benzene rings is 3. The van der Waals surface area contributed by atoms with Crippen molar-refractivity contribution in [1.82, 2.24) is 9.80 Å². The van der Waals surface area contributed by atoms with Crippen molar-refractivity contribution in [3.63, 3.8) is 0 Å². The van der Waals surface area contributed by atoms with Gasteiger partial charge in [-0.2, -0.15) is 0 Å². The highest BCUT2D eigenvalue weighted by atomic mass is 19.1. The van der Waals surface area contributed by atoms with Gasteiger partial charge in [0.2, 0.25) is 0 Å². The quantitative estimate of drug-likeness (QED) is 0.374. The molecule has 3 heterocycles. The number of likely N-dealkylation sites (tertiary alicyclic amines) is 1. The maximum Gasteiger partial charge on any atom is 0.123 e. The molecule has 37 heavy (non-hydrogen) atoms. The monoisotopic (exact) mass is 502 g/mol. The maximum absolute atomic E-state index is 14.3. The van der Waals surface area contributed by atoms with E-state index in [9.17, 15) is 8.78 Å². The summed E-state index contributed by atoms with van der Waals surface area (Å²) < 4.78 is 27.8. The van der Waals surface area contributed by atoms with Crippen molar-refractivity contribution in [2.24, 2.45) is 0 Å². The van der Waals surface area contributed by atoms with Gasteiger partial charge in [-0.25, -0.2) is 8.78 Å². The van der Waals surface area contributed by atoms with Crippen LogP contribution >= 0.6 is 0 Å². The van der Waals surface area contributed by atoms with Crippen LogP contribution in [0.15, 0.2) is 72.8 Å². The number of hydrogen-bond acceptors (Lipinski definition) is 4. The van der Waals surface area contributed by atoms with Gasteiger partial charge in [0, 0.05) is 68.3 Å². The first kappa shape index (κ1) is 24.4. The first-order valence-electron chi connectivity index (χ1n) is 13.7. The lowest BCUT2D eigenvalue weighted by Gasteiger charge is -2.39. The zero-order valence-electron chi connectivity index (χ0n) is 21.4. The third kappa shape index (κ3) is 5.23. The molecule has 0 aromatic heterocycles. The number of fused-ring (bicyclic) bond motifs is 3. The Labute approximate surface area is 219 Å². The smallest absolute Gasteiger partial charge is 0.123 e. The molecule has 6 heteroatoms. The third-order valence-corrected chi connectivity index (χ3v) is 8.44. The van der Waals surface area contributed by atoms with Gasteiger partial charge in [0.05, 0.1) is 0 Å². The van der Waals surface area contributed by atoms with Gasteiger partial charge in [0.15, 0.2) is 0 Å². The number of piperidine rings is 1. The van der Waals surface area contributed by atoms with Gasteiger partial charge in [0.25, 0.3) is 0 Å². The van der Waals surface area contributed by atoms with Gasteiger partial charge < -0.3 is 14.7 Å². The third-order valence-electron chi connectivity index (χ3n) is 8.44. The minimum atomic E-state index is -0.230. The van der Waals surface area contributed by atoms with Gasteiger partial charge >= 0.3 is 0 Å². The summed E-state index contributed by atoms with van der Waals surface area (Å²) >= 11 is 0. The highest BCUT2D eigenvalue weighted by Gasteiger charge is 2.42. The summed E-state index contributed by atoms with van der Waals surface area (Å²) in [5, 5.41) is 0. The predicted molar refractivity (Wildman–Crippen MR) is 147 cm³/mol. The molecule has 2 fully saturated rings. The zero-order chi connectivity index (χ0) is 25.2. The second-order valence-electron chi connectivity index (χ2n) is 10.7. The second-order valence-corrected chi connectivity index (χ2v) is 10.7. The fourth-order valence-corrected chi connectivity index (χ4v) is 6.52. The van der Waals surface area contributed by atoms with Crippen molar-refractivity contribution < 1.29 is 8.78 Å². The molecule has 0 unspecified atom stereocenters. The number of nitrogens with zero attached hydrogens (tertiary/aromatic N) is 4. The first-order valence-corrected chi connectivity index (χ1v) is 13.7. The molecule has 0 radical (unpaired) electrons. The van der Waals surface area contributed by atoms with E-state index in [1.807, 2.05) is 18.2 Å². The first-order chi connectivity index (χ1) is 18.2. The lowest BCUT2D eigenvalue weighted by atomic mass is 9.89. The van der Waals surface area contributed by atoms with Crippen molar-refractivity contribution >= 4 is 17.1 Å². The van der Waals surface area contributed by atoms with Gasteiger partial charge in [-0.05, 0) is 92.5 Å². The van der Waals surface area contributed by atoms with E-state index in [4.69, 9.17) is 0 Å². The fraction of sp³-hybridized carbons (Fsp3) is 0.419. The number of hydrogen-bond donors (Lipinski definition) is 0. The van der Waals surface area contributed by atoms with Crippen LogP contribution in [0.25, 0.3) is 0 Å². The van der Waals surface area contributed by atoms with Crippen LogP contribution in [-0.4, -0.2) is 68.2 Å². The Bertz CT molecular complexity index is 1180. The number of halogens is 2. The molecule has 0 N–H and O–H groups in total. The minimum Gasteiger partial charge on any atom is -0.369 e. The summed E-state index contributed by atoms with van der Waals surface area (Å²) in [7, 11) is 0. The van der Waals surface area contributed by atoms with Crippen LogP contribution in [0.4, 0.5) is 25.8 Å². The lowest BCUT2D eigenvalue weighted by molar-refractivity contribution is 0.187. The van der Waals surface area contributed by atoms with Crippen LogP contribution in [0.3, 0.4) is 0 Å². The SMILES string of the molecule is Fc1ccc(N2c3ccc(F)cc3[C@@H]3CN(CCCCN4CCN(c5ccccc5)CC4)CC[C@H]32)cc1. The Hall–Kier alpha value is -2.96. The van der Waals surface area contributed by atoms with Crippen LogP contribution in [-0.2, 0) is 0 Å². The van der Waals surface area contributed by atoms with E-state index in [2.05, 4.69) is 49.9 Å². The van der Waals surface area contributed by atoms with E-state index in [0.29, 0.717) is 6.04 Å². The molecule has 3 aliphatic heterocycles. The fourth-order valence-electron chi connectivity index (χ4n) is 6.52. The average molecular weight is 503 g/mol. The lowest BCUT2D eigenvalue weighted by Crippen LogP contribution is -2.47. The minimum absolute atomic E-state index is 0.178.